The minimum Gasteiger partial charge on any atom is -0.396 e. The van der Waals surface area contributed by atoms with Crippen LogP contribution in [0.5, 0.6) is 0 Å². The molecule has 0 aromatic carbocycles. The Bertz CT molecular complexity index is 587. The molecule has 8 atom stereocenters. The molecule has 3 nitrogen and oxygen atoms in total. The van der Waals surface area contributed by atoms with E-state index in [9.17, 15) is 9.90 Å². The van der Waals surface area contributed by atoms with Gasteiger partial charge >= 0.3 is 0 Å². The Labute approximate surface area is 152 Å². The summed E-state index contributed by atoms with van der Waals surface area (Å²) >= 11 is 0. The average Bonchev–Trinajstić information content (AvgIpc) is 2.95. The fourth-order valence-electron chi connectivity index (χ4n) is 8.10. The van der Waals surface area contributed by atoms with Crippen molar-refractivity contribution in [1.82, 2.24) is 0 Å². The molecule has 3 heteroatoms. The number of hydrogen-bond acceptors (Lipinski definition) is 3. The van der Waals surface area contributed by atoms with Gasteiger partial charge in [-0.3, -0.25) is 4.79 Å². The lowest BCUT2D eigenvalue weighted by molar-refractivity contribution is -0.123. The highest BCUT2D eigenvalue weighted by Gasteiger charge is 2.61. The molecule has 0 spiro atoms. The van der Waals surface area contributed by atoms with Gasteiger partial charge < -0.3 is 10.5 Å². The Morgan fingerprint density at radius 2 is 1.80 bits per heavy atom. The van der Waals surface area contributed by atoms with E-state index in [0.717, 1.165) is 24.7 Å². The van der Waals surface area contributed by atoms with Crippen LogP contribution in [-0.2, 0) is 4.79 Å². The zero-order chi connectivity index (χ0) is 18.0. The quantitative estimate of drug-likeness (QED) is 0.775. The van der Waals surface area contributed by atoms with Gasteiger partial charge in [0.15, 0.2) is 5.78 Å². The molecule has 0 aromatic heterocycles. The lowest BCUT2D eigenvalue weighted by Gasteiger charge is -2.60. The molecule has 0 saturated heterocycles. The number of carbonyl (C=O) groups is 1. The monoisotopic (exact) mass is 345 g/mol. The first-order valence-electron chi connectivity index (χ1n) is 10.6. The van der Waals surface area contributed by atoms with E-state index >= 15 is 0 Å². The maximum Gasteiger partial charge on any atom is 0.176 e. The summed E-state index contributed by atoms with van der Waals surface area (Å²) in [6.45, 7) is 7.47. The third kappa shape index (κ3) is 2.33. The van der Waals surface area contributed by atoms with Crippen molar-refractivity contribution in [3.8, 4) is 0 Å². The molecular formula is C22H35NO2. The number of fused-ring (bicyclic) bond motifs is 5. The normalized spacial score (nSPS) is 50.8. The Balaban J connectivity index is 1.62. The highest BCUT2D eigenvalue weighted by atomic mass is 16.3. The molecule has 0 aliphatic heterocycles. The van der Waals surface area contributed by atoms with E-state index in [-0.39, 0.29) is 17.1 Å². The van der Waals surface area contributed by atoms with Gasteiger partial charge in [-0.15, -0.1) is 0 Å². The molecule has 0 amide bonds. The SMILES string of the molecule is C[C@H](CO)[C@H]1CC[C@H]2[C@@H]3CCC4C(=N)C(=O)CC[C@]4(C)[C@H]3CC[C@]12C. The van der Waals surface area contributed by atoms with Crippen LogP contribution in [0.1, 0.15) is 72.1 Å². The van der Waals surface area contributed by atoms with Crippen molar-refractivity contribution in [2.75, 3.05) is 6.61 Å². The second kappa shape index (κ2) is 5.90. The third-order valence-electron chi connectivity index (χ3n) is 9.46. The Kier molecular flexibility index (Phi) is 4.18. The van der Waals surface area contributed by atoms with Gasteiger partial charge in [0.1, 0.15) is 0 Å². The van der Waals surface area contributed by atoms with Crippen LogP contribution in [0.3, 0.4) is 0 Å². The van der Waals surface area contributed by atoms with Gasteiger partial charge in [-0.1, -0.05) is 20.8 Å². The summed E-state index contributed by atoms with van der Waals surface area (Å²) in [6.07, 6.45) is 9.00. The molecule has 1 unspecified atom stereocenters. The number of Topliss-reactive ketones (excluding diaryl/α,β-unsaturated/α-hetero) is 1. The predicted octanol–water partition coefficient (Wildman–Crippen LogP) is 4.47. The van der Waals surface area contributed by atoms with Crippen molar-refractivity contribution in [3.63, 3.8) is 0 Å². The van der Waals surface area contributed by atoms with Crippen LogP contribution in [-0.4, -0.2) is 23.2 Å². The van der Waals surface area contributed by atoms with Gasteiger partial charge in [-0.05, 0) is 85.4 Å². The van der Waals surface area contributed by atoms with Crippen LogP contribution >= 0.6 is 0 Å². The summed E-state index contributed by atoms with van der Waals surface area (Å²) in [7, 11) is 0. The second-order valence-electron chi connectivity index (χ2n) is 10.2. The molecule has 0 aromatic rings. The molecule has 140 valence electrons. The summed E-state index contributed by atoms with van der Waals surface area (Å²) in [5, 5.41) is 18.1. The maximum absolute atomic E-state index is 12.1. The van der Waals surface area contributed by atoms with Crippen LogP contribution in [0.4, 0.5) is 0 Å². The molecule has 4 aliphatic carbocycles. The van der Waals surface area contributed by atoms with Crippen molar-refractivity contribution in [2.45, 2.75) is 72.1 Å². The fourth-order valence-corrected chi connectivity index (χ4v) is 8.10. The highest BCUT2D eigenvalue weighted by Crippen LogP contribution is 2.67. The number of nitrogens with one attached hydrogen (secondary N) is 1. The number of aliphatic hydroxyl groups is 1. The van der Waals surface area contributed by atoms with Gasteiger partial charge in [0.05, 0.1) is 5.71 Å². The molecule has 0 bridgehead atoms. The zero-order valence-corrected chi connectivity index (χ0v) is 16.2. The van der Waals surface area contributed by atoms with E-state index in [4.69, 9.17) is 5.41 Å². The van der Waals surface area contributed by atoms with E-state index < -0.39 is 0 Å². The molecule has 4 aliphatic rings. The van der Waals surface area contributed by atoms with E-state index in [0.29, 0.717) is 41.9 Å². The summed E-state index contributed by atoms with van der Waals surface area (Å²) < 4.78 is 0. The first-order chi connectivity index (χ1) is 11.8. The average molecular weight is 346 g/mol. The van der Waals surface area contributed by atoms with Crippen molar-refractivity contribution >= 4 is 11.5 Å². The molecule has 4 saturated carbocycles. The first-order valence-corrected chi connectivity index (χ1v) is 10.6. The number of aliphatic hydroxyl groups excluding tert-OH is 1. The molecule has 0 heterocycles. The standard InChI is InChI=1S/C22H35NO2/c1-13(12-24)15-6-7-16-14-4-5-18-20(23)19(25)9-11-22(18,3)17(14)8-10-21(15,16)2/h13-18,23-24H,4-12H2,1-3H3/t13-,14+,15-,16+,17+,18?,21-,22-/m1/s1. The van der Waals surface area contributed by atoms with Gasteiger partial charge in [-0.2, -0.15) is 0 Å². The van der Waals surface area contributed by atoms with Crippen LogP contribution in [0.2, 0.25) is 0 Å². The molecule has 25 heavy (non-hydrogen) atoms. The van der Waals surface area contributed by atoms with Crippen LogP contribution in [0.15, 0.2) is 0 Å². The fraction of sp³-hybridized carbons (Fsp3) is 0.909. The van der Waals surface area contributed by atoms with Crippen LogP contribution in [0.25, 0.3) is 0 Å². The zero-order valence-electron chi connectivity index (χ0n) is 16.2. The third-order valence-corrected chi connectivity index (χ3v) is 9.46. The summed E-state index contributed by atoms with van der Waals surface area (Å²) in [5.41, 5.74) is 1.01. The maximum atomic E-state index is 12.1. The minimum absolute atomic E-state index is 0.110. The molecule has 0 radical (unpaired) electrons. The van der Waals surface area contributed by atoms with Crippen LogP contribution < -0.4 is 0 Å². The Morgan fingerprint density at radius 1 is 1.08 bits per heavy atom. The summed E-state index contributed by atoms with van der Waals surface area (Å²) in [5.74, 6) is 3.67. The first kappa shape index (κ1) is 17.7. The highest BCUT2D eigenvalue weighted by molar-refractivity contribution is 6.40. The Morgan fingerprint density at radius 3 is 2.52 bits per heavy atom. The largest absolute Gasteiger partial charge is 0.396 e. The molecule has 4 fully saturated rings. The van der Waals surface area contributed by atoms with Gasteiger partial charge in [0.2, 0.25) is 0 Å². The van der Waals surface area contributed by atoms with Gasteiger partial charge in [0.25, 0.3) is 0 Å². The Hall–Kier alpha value is -0.700. The number of ketones is 1. The van der Waals surface area contributed by atoms with Crippen molar-refractivity contribution in [1.29, 1.82) is 5.41 Å². The van der Waals surface area contributed by atoms with Gasteiger partial charge in [0, 0.05) is 18.9 Å². The van der Waals surface area contributed by atoms with Gasteiger partial charge in [-0.25, -0.2) is 0 Å². The lowest BCUT2D eigenvalue weighted by atomic mass is 9.44. The summed E-state index contributed by atoms with van der Waals surface area (Å²) in [6, 6.07) is 0. The van der Waals surface area contributed by atoms with Crippen molar-refractivity contribution < 1.29 is 9.90 Å². The smallest absolute Gasteiger partial charge is 0.176 e. The number of carbonyl (C=O) groups excluding carboxylic acids is 1. The number of hydrogen-bond donors (Lipinski definition) is 2. The lowest BCUT2D eigenvalue weighted by Crippen LogP contribution is -2.56. The number of rotatable bonds is 2. The van der Waals surface area contributed by atoms with Crippen molar-refractivity contribution in [2.24, 2.45) is 46.3 Å². The summed E-state index contributed by atoms with van der Waals surface area (Å²) in [4.78, 5) is 12.1. The minimum atomic E-state index is 0.110. The van der Waals surface area contributed by atoms with Crippen molar-refractivity contribution in [3.05, 3.63) is 0 Å². The topological polar surface area (TPSA) is 61.1 Å². The van der Waals surface area contributed by atoms with Crippen LogP contribution in [0, 0.1) is 51.7 Å². The molecule has 2 N–H and O–H groups in total. The van der Waals surface area contributed by atoms with E-state index in [1.54, 1.807) is 0 Å². The second-order valence-corrected chi connectivity index (χ2v) is 10.2. The molecular weight excluding hydrogens is 310 g/mol. The van der Waals surface area contributed by atoms with E-state index in [1.807, 2.05) is 0 Å². The van der Waals surface area contributed by atoms with E-state index in [2.05, 4.69) is 20.8 Å². The van der Waals surface area contributed by atoms with E-state index in [1.165, 1.54) is 32.1 Å². The predicted molar refractivity (Wildman–Crippen MR) is 99.6 cm³/mol. The molecule has 4 rings (SSSR count).